The Morgan fingerprint density at radius 2 is 2.00 bits per heavy atom. The van der Waals surface area contributed by atoms with Gasteiger partial charge in [-0.1, -0.05) is 11.2 Å². The van der Waals surface area contributed by atoms with Crippen LogP contribution in [0.5, 0.6) is 0 Å². The lowest BCUT2D eigenvalue weighted by Gasteiger charge is -2.33. The number of aromatic nitrogens is 4. The molecule has 30 heavy (non-hydrogen) atoms. The van der Waals surface area contributed by atoms with Crippen LogP contribution in [-0.4, -0.2) is 51.2 Å². The van der Waals surface area contributed by atoms with Crippen molar-refractivity contribution in [2.75, 3.05) is 31.1 Å². The molecule has 0 amide bonds. The van der Waals surface area contributed by atoms with Crippen LogP contribution in [0.15, 0.2) is 41.2 Å². The molecular weight excluding hydrogens is 376 g/mol. The van der Waals surface area contributed by atoms with E-state index in [1.807, 2.05) is 31.5 Å². The molecule has 7 nitrogen and oxygen atoms in total. The highest BCUT2D eigenvalue weighted by molar-refractivity contribution is 5.61. The van der Waals surface area contributed by atoms with E-state index >= 15 is 0 Å². The minimum absolute atomic E-state index is 0.340. The molecule has 5 rings (SSSR count). The number of hydrogen-bond donors (Lipinski definition) is 0. The number of anilines is 1. The predicted octanol–water partition coefficient (Wildman–Crippen LogP) is 3.81. The standard InChI is InChI=1S/C23H28N6O/c1-17-13-21(30-27-17)20-14-25-23(29-11-4-5-12-29)26-22(20)18-7-6-10-28(15-18)16-19-8-2-3-9-24-19/h2-3,8-9,13-14,18H,4-7,10-12,15-16H2,1H3/t18-/m1/s1. The first-order valence-corrected chi connectivity index (χ1v) is 10.9. The van der Waals surface area contributed by atoms with Crippen molar-refractivity contribution in [1.82, 2.24) is 25.0 Å². The maximum atomic E-state index is 5.60. The molecule has 0 unspecified atom stereocenters. The van der Waals surface area contributed by atoms with Crippen molar-refractivity contribution in [2.24, 2.45) is 0 Å². The smallest absolute Gasteiger partial charge is 0.225 e. The number of hydrogen-bond acceptors (Lipinski definition) is 7. The summed E-state index contributed by atoms with van der Waals surface area (Å²) in [6.45, 7) is 6.95. The Morgan fingerprint density at radius 1 is 1.10 bits per heavy atom. The fraction of sp³-hybridized carbons (Fsp3) is 0.478. The quantitative estimate of drug-likeness (QED) is 0.640. The van der Waals surface area contributed by atoms with Gasteiger partial charge in [-0.3, -0.25) is 9.88 Å². The van der Waals surface area contributed by atoms with Crippen LogP contribution >= 0.6 is 0 Å². The third-order valence-corrected chi connectivity index (χ3v) is 6.09. The van der Waals surface area contributed by atoms with Gasteiger partial charge in [0.2, 0.25) is 5.95 Å². The summed E-state index contributed by atoms with van der Waals surface area (Å²) in [5.74, 6) is 1.95. The summed E-state index contributed by atoms with van der Waals surface area (Å²) < 4.78 is 5.60. The zero-order valence-electron chi connectivity index (χ0n) is 17.5. The van der Waals surface area contributed by atoms with E-state index in [4.69, 9.17) is 14.5 Å². The van der Waals surface area contributed by atoms with Crippen LogP contribution in [-0.2, 0) is 6.54 Å². The molecule has 2 fully saturated rings. The molecule has 156 valence electrons. The topological polar surface area (TPSA) is 71.2 Å². The van der Waals surface area contributed by atoms with Gasteiger partial charge in [0, 0.05) is 50.6 Å². The molecule has 0 aliphatic carbocycles. The van der Waals surface area contributed by atoms with Gasteiger partial charge >= 0.3 is 0 Å². The maximum Gasteiger partial charge on any atom is 0.225 e. The zero-order chi connectivity index (χ0) is 20.3. The van der Waals surface area contributed by atoms with Crippen molar-refractivity contribution in [1.29, 1.82) is 0 Å². The van der Waals surface area contributed by atoms with E-state index in [0.717, 1.165) is 79.9 Å². The highest BCUT2D eigenvalue weighted by Crippen LogP contribution is 2.35. The molecule has 0 aromatic carbocycles. The van der Waals surface area contributed by atoms with Gasteiger partial charge in [-0.05, 0) is 51.3 Å². The summed E-state index contributed by atoms with van der Waals surface area (Å²) in [6, 6.07) is 8.10. The number of pyridine rings is 1. The second-order valence-electron chi connectivity index (χ2n) is 8.39. The van der Waals surface area contributed by atoms with Gasteiger partial charge in [0.1, 0.15) is 0 Å². The normalized spacial score (nSPS) is 20.0. The minimum atomic E-state index is 0.340. The van der Waals surface area contributed by atoms with Gasteiger partial charge in [-0.15, -0.1) is 0 Å². The first-order valence-electron chi connectivity index (χ1n) is 10.9. The maximum absolute atomic E-state index is 5.60. The van der Waals surface area contributed by atoms with Crippen molar-refractivity contribution < 1.29 is 4.52 Å². The number of nitrogens with zero attached hydrogens (tertiary/aromatic N) is 6. The van der Waals surface area contributed by atoms with Crippen LogP contribution in [0, 0.1) is 6.92 Å². The number of rotatable bonds is 5. The highest BCUT2D eigenvalue weighted by Gasteiger charge is 2.28. The molecule has 0 bridgehead atoms. The first-order chi connectivity index (χ1) is 14.8. The molecule has 3 aromatic rings. The molecule has 3 aromatic heterocycles. The fourth-order valence-electron chi connectivity index (χ4n) is 4.59. The Balaban J connectivity index is 1.45. The first kappa shape index (κ1) is 19.2. The van der Waals surface area contributed by atoms with Crippen LogP contribution in [0.3, 0.4) is 0 Å². The Kier molecular flexibility index (Phi) is 5.45. The second kappa shape index (κ2) is 8.52. The Labute approximate surface area is 177 Å². The molecule has 0 spiro atoms. The Bertz CT molecular complexity index is 982. The lowest BCUT2D eigenvalue weighted by molar-refractivity contribution is 0.196. The third kappa shape index (κ3) is 4.07. The predicted molar refractivity (Wildman–Crippen MR) is 115 cm³/mol. The molecule has 7 heteroatoms. The molecular formula is C23H28N6O. The van der Waals surface area contributed by atoms with E-state index in [1.165, 1.54) is 12.8 Å². The Hall–Kier alpha value is -2.80. The summed E-state index contributed by atoms with van der Waals surface area (Å²) in [6.07, 6.45) is 8.50. The average molecular weight is 405 g/mol. The third-order valence-electron chi connectivity index (χ3n) is 6.09. The zero-order valence-corrected chi connectivity index (χ0v) is 17.5. The molecule has 0 N–H and O–H groups in total. The van der Waals surface area contributed by atoms with Gasteiger partial charge in [0.25, 0.3) is 0 Å². The molecule has 1 atom stereocenters. The molecule has 5 heterocycles. The fourth-order valence-corrected chi connectivity index (χ4v) is 4.59. The molecule has 0 radical (unpaired) electrons. The van der Waals surface area contributed by atoms with Gasteiger partial charge in [-0.2, -0.15) is 0 Å². The summed E-state index contributed by atoms with van der Waals surface area (Å²) in [4.78, 5) is 19.1. The highest BCUT2D eigenvalue weighted by atomic mass is 16.5. The summed E-state index contributed by atoms with van der Waals surface area (Å²) in [5, 5.41) is 4.09. The summed E-state index contributed by atoms with van der Waals surface area (Å²) >= 11 is 0. The van der Waals surface area contributed by atoms with Gasteiger partial charge in [0.05, 0.1) is 22.6 Å². The lowest BCUT2D eigenvalue weighted by Crippen LogP contribution is -2.35. The van der Waals surface area contributed by atoms with Crippen molar-refractivity contribution in [2.45, 2.75) is 45.1 Å². The lowest BCUT2D eigenvalue weighted by atomic mass is 9.91. The van der Waals surface area contributed by atoms with E-state index in [9.17, 15) is 0 Å². The molecule has 0 saturated carbocycles. The van der Waals surface area contributed by atoms with Gasteiger partial charge in [0.15, 0.2) is 5.76 Å². The second-order valence-corrected chi connectivity index (χ2v) is 8.39. The number of aryl methyl sites for hydroxylation is 1. The van der Waals surface area contributed by atoms with Crippen LogP contribution in [0.4, 0.5) is 5.95 Å². The van der Waals surface area contributed by atoms with E-state index in [-0.39, 0.29) is 0 Å². The molecule has 2 aliphatic heterocycles. The van der Waals surface area contributed by atoms with Crippen LogP contribution < -0.4 is 4.90 Å². The SMILES string of the molecule is Cc1cc(-c2cnc(N3CCCC3)nc2[C@@H]2CCCN(Cc3ccccn3)C2)on1. The summed E-state index contributed by atoms with van der Waals surface area (Å²) in [7, 11) is 0. The number of piperidine rings is 1. The van der Waals surface area contributed by atoms with Gasteiger partial charge in [-0.25, -0.2) is 9.97 Å². The van der Waals surface area contributed by atoms with Crippen LogP contribution in [0.1, 0.15) is 48.7 Å². The van der Waals surface area contributed by atoms with E-state index in [1.54, 1.807) is 0 Å². The average Bonchev–Trinajstić information content (AvgIpc) is 3.46. The molecule has 2 saturated heterocycles. The largest absolute Gasteiger partial charge is 0.356 e. The van der Waals surface area contributed by atoms with E-state index < -0.39 is 0 Å². The monoisotopic (exact) mass is 404 g/mol. The molecule has 2 aliphatic rings. The van der Waals surface area contributed by atoms with Crippen LogP contribution in [0.2, 0.25) is 0 Å². The van der Waals surface area contributed by atoms with E-state index in [0.29, 0.717) is 5.92 Å². The van der Waals surface area contributed by atoms with Crippen molar-refractivity contribution in [3.05, 3.63) is 53.7 Å². The van der Waals surface area contributed by atoms with Crippen molar-refractivity contribution >= 4 is 5.95 Å². The van der Waals surface area contributed by atoms with Crippen molar-refractivity contribution in [3.63, 3.8) is 0 Å². The van der Waals surface area contributed by atoms with Gasteiger partial charge < -0.3 is 9.42 Å². The number of likely N-dealkylation sites (tertiary alicyclic amines) is 1. The van der Waals surface area contributed by atoms with E-state index in [2.05, 4.69) is 32.1 Å². The minimum Gasteiger partial charge on any atom is -0.356 e. The summed E-state index contributed by atoms with van der Waals surface area (Å²) in [5.41, 5.74) is 4.06. The van der Waals surface area contributed by atoms with Crippen LogP contribution in [0.25, 0.3) is 11.3 Å². The Morgan fingerprint density at radius 3 is 2.77 bits per heavy atom. The van der Waals surface area contributed by atoms with Crippen molar-refractivity contribution in [3.8, 4) is 11.3 Å².